The standard InChI is InChI=1S/C11H18N2O3/c1-8-2-4-13(5-3-8)11(15)9-6-16-7-10(14)12-9/h8-9H,2-7H2,1H3,(H,12,14). The first-order valence-corrected chi connectivity index (χ1v) is 5.82. The smallest absolute Gasteiger partial charge is 0.247 e. The highest BCUT2D eigenvalue weighted by molar-refractivity contribution is 5.89. The first-order chi connectivity index (χ1) is 7.66. The number of hydrogen-bond acceptors (Lipinski definition) is 3. The summed E-state index contributed by atoms with van der Waals surface area (Å²) in [6, 6.07) is -0.477. The number of ether oxygens (including phenoxy) is 1. The number of likely N-dealkylation sites (tertiary alicyclic amines) is 1. The highest BCUT2D eigenvalue weighted by atomic mass is 16.5. The van der Waals surface area contributed by atoms with Crippen LogP contribution >= 0.6 is 0 Å². The Kier molecular flexibility index (Phi) is 3.43. The minimum absolute atomic E-state index is 0.0000463. The van der Waals surface area contributed by atoms with E-state index in [1.807, 2.05) is 4.90 Å². The third kappa shape index (κ3) is 2.52. The van der Waals surface area contributed by atoms with E-state index in [4.69, 9.17) is 4.74 Å². The van der Waals surface area contributed by atoms with Crippen molar-refractivity contribution < 1.29 is 14.3 Å². The maximum absolute atomic E-state index is 12.0. The van der Waals surface area contributed by atoms with Crippen molar-refractivity contribution in [2.45, 2.75) is 25.8 Å². The van der Waals surface area contributed by atoms with Crippen molar-refractivity contribution >= 4 is 11.8 Å². The van der Waals surface area contributed by atoms with Crippen molar-refractivity contribution in [2.24, 2.45) is 5.92 Å². The Labute approximate surface area is 95.1 Å². The molecule has 1 unspecified atom stereocenters. The molecule has 2 rings (SSSR count). The number of morpholine rings is 1. The molecule has 2 amide bonds. The van der Waals surface area contributed by atoms with E-state index in [0.29, 0.717) is 12.5 Å². The predicted molar refractivity (Wildman–Crippen MR) is 57.7 cm³/mol. The Hall–Kier alpha value is -1.10. The summed E-state index contributed by atoms with van der Waals surface area (Å²) in [6.07, 6.45) is 2.10. The van der Waals surface area contributed by atoms with Crippen molar-refractivity contribution in [2.75, 3.05) is 26.3 Å². The normalized spacial score (nSPS) is 27.7. The Morgan fingerprint density at radius 1 is 1.44 bits per heavy atom. The summed E-state index contributed by atoms with van der Waals surface area (Å²) in [5.74, 6) is 0.496. The van der Waals surface area contributed by atoms with Crippen LogP contribution in [0, 0.1) is 5.92 Å². The van der Waals surface area contributed by atoms with Gasteiger partial charge < -0.3 is 15.0 Å². The van der Waals surface area contributed by atoms with Crippen LogP contribution in [0.25, 0.3) is 0 Å². The number of nitrogens with one attached hydrogen (secondary N) is 1. The molecule has 0 spiro atoms. The molecule has 0 bridgehead atoms. The molecule has 1 atom stereocenters. The Morgan fingerprint density at radius 2 is 2.12 bits per heavy atom. The molecule has 0 saturated carbocycles. The van der Waals surface area contributed by atoms with Crippen LogP contribution in [0.15, 0.2) is 0 Å². The van der Waals surface area contributed by atoms with Gasteiger partial charge in [0, 0.05) is 13.1 Å². The van der Waals surface area contributed by atoms with Gasteiger partial charge in [0.1, 0.15) is 12.6 Å². The number of carbonyl (C=O) groups is 2. The van der Waals surface area contributed by atoms with Crippen molar-refractivity contribution in [3.63, 3.8) is 0 Å². The number of carbonyl (C=O) groups excluding carboxylic acids is 2. The maximum Gasteiger partial charge on any atom is 0.247 e. The van der Waals surface area contributed by atoms with Crippen LogP contribution < -0.4 is 5.32 Å². The average molecular weight is 226 g/mol. The maximum atomic E-state index is 12.0. The minimum Gasteiger partial charge on any atom is -0.369 e. The lowest BCUT2D eigenvalue weighted by Crippen LogP contribution is -2.56. The Bertz CT molecular complexity index is 285. The number of nitrogens with zero attached hydrogens (tertiary/aromatic N) is 1. The first-order valence-electron chi connectivity index (χ1n) is 5.82. The van der Waals surface area contributed by atoms with E-state index in [1.54, 1.807) is 0 Å². The van der Waals surface area contributed by atoms with Gasteiger partial charge in [0.25, 0.3) is 0 Å². The molecule has 0 aliphatic carbocycles. The third-order valence-electron chi connectivity index (χ3n) is 3.25. The molecule has 0 aromatic carbocycles. The topological polar surface area (TPSA) is 58.6 Å². The van der Waals surface area contributed by atoms with Gasteiger partial charge in [-0.2, -0.15) is 0 Å². The second kappa shape index (κ2) is 4.82. The van der Waals surface area contributed by atoms with Crippen LogP contribution in [-0.2, 0) is 14.3 Å². The highest BCUT2D eigenvalue weighted by Gasteiger charge is 2.30. The van der Waals surface area contributed by atoms with Crippen molar-refractivity contribution in [3.05, 3.63) is 0 Å². The van der Waals surface area contributed by atoms with Crippen LogP contribution in [0.5, 0.6) is 0 Å². The summed E-state index contributed by atoms with van der Waals surface area (Å²) < 4.78 is 5.07. The number of amides is 2. The summed E-state index contributed by atoms with van der Waals surface area (Å²) >= 11 is 0. The molecule has 1 N–H and O–H groups in total. The zero-order valence-corrected chi connectivity index (χ0v) is 9.57. The summed E-state index contributed by atoms with van der Waals surface area (Å²) in [5.41, 5.74) is 0. The van der Waals surface area contributed by atoms with Crippen molar-refractivity contribution in [3.8, 4) is 0 Å². The van der Waals surface area contributed by atoms with Crippen LogP contribution in [0.4, 0.5) is 0 Å². The predicted octanol–water partition coefficient (Wildman–Crippen LogP) is -0.240. The van der Waals surface area contributed by atoms with Gasteiger partial charge in [-0.25, -0.2) is 0 Å². The van der Waals surface area contributed by atoms with E-state index in [9.17, 15) is 9.59 Å². The second-order valence-electron chi connectivity index (χ2n) is 4.64. The molecule has 0 radical (unpaired) electrons. The summed E-state index contributed by atoms with van der Waals surface area (Å²) in [5, 5.41) is 2.67. The van der Waals surface area contributed by atoms with Crippen LogP contribution in [0.3, 0.4) is 0 Å². The van der Waals surface area contributed by atoms with Gasteiger partial charge in [-0.05, 0) is 18.8 Å². The van der Waals surface area contributed by atoms with E-state index < -0.39 is 6.04 Å². The molecule has 5 nitrogen and oxygen atoms in total. The SMILES string of the molecule is CC1CCN(C(=O)C2COCC(=O)N2)CC1. The Morgan fingerprint density at radius 3 is 2.75 bits per heavy atom. The zero-order valence-electron chi connectivity index (χ0n) is 9.57. The Balaban J connectivity index is 1.89. The third-order valence-corrected chi connectivity index (χ3v) is 3.25. The molecular weight excluding hydrogens is 208 g/mol. The van der Waals surface area contributed by atoms with E-state index in [1.165, 1.54) is 0 Å². The van der Waals surface area contributed by atoms with Gasteiger partial charge in [0.15, 0.2) is 0 Å². The van der Waals surface area contributed by atoms with E-state index in [2.05, 4.69) is 12.2 Å². The summed E-state index contributed by atoms with van der Waals surface area (Å²) in [6.45, 7) is 4.17. The summed E-state index contributed by atoms with van der Waals surface area (Å²) in [4.78, 5) is 25.0. The quantitative estimate of drug-likeness (QED) is 0.671. The van der Waals surface area contributed by atoms with Crippen LogP contribution in [-0.4, -0.2) is 49.1 Å². The molecular formula is C11H18N2O3. The highest BCUT2D eigenvalue weighted by Crippen LogP contribution is 2.17. The molecule has 0 aromatic heterocycles. The fraction of sp³-hybridized carbons (Fsp3) is 0.818. The van der Waals surface area contributed by atoms with E-state index in [-0.39, 0.29) is 18.4 Å². The molecule has 2 saturated heterocycles. The number of rotatable bonds is 1. The monoisotopic (exact) mass is 226 g/mol. The lowest BCUT2D eigenvalue weighted by molar-refractivity contribution is -0.145. The largest absolute Gasteiger partial charge is 0.369 e. The molecule has 2 aliphatic heterocycles. The van der Waals surface area contributed by atoms with Gasteiger partial charge in [-0.1, -0.05) is 6.92 Å². The first kappa shape index (κ1) is 11.4. The van der Waals surface area contributed by atoms with Gasteiger partial charge in [-0.3, -0.25) is 9.59 Å². The molecule has 0 aromatic rings. The molecule has 2 aliphatic rings. The van der Waals surface area contributed by atoms with Crippen molar-refractivity contribution in [1.82, 2.24) is 10.2 Å². The van der Waals surface area contributed by atoms with Gasteiger partial charge in [0.2, 0.25) is 11.8 Å². The lowest BCUT2D eigenvalue weighted by atomic mass is 9.98. The lowest BCUT2D eigenvalue weighted by Gasteiger charge is -2.34. The van der Waals surface area contributed by atoms with Gasteiger partial charge in [-0.15, -0.1) is 0 Å². The van der Waals surface area contributed by atoms with Gasteiger partial charge in [0.05, 0.1) is 6.61 Å². The van der Waals surface area contributed by atoms with Gasteiger partial charge >= 0.3 is 0 Å². The van der Waals surface area contributed by atoms with E-state index in [0.717, 1.165) is 25.9 Å². The molecule has 5 heteroatoms. The number of piperidine rings is 1. The van der Waals surface area contributed by atoms with Crippen LogP contribution in [0.2, 0.25) is 0 Å². The van der Waals surface area contributed by atoms with Crippen LogP contribution in [0.1, 0.15) is 19.8 Å². The minimum atomic E-state index is -0.477. The fourth-order valence-electron chi connectivity index (χ4n) is 2.13. The van der Waals surface area contributed by atoms with Crippen molar-refractivity contribution in [1.29, 1.82) is 0 Å². The summed E-state index contributed by atoms with van der Waals surface area (Å²) in [7, 11) is 0. The second-order valence-corrected chi connectivity index (χ2v) is 4.64. The zero-order chi connectivity index (χ0) is 11.5. The average Bonchev–Trinajstić information content (AvgIpc) is 2.29. The number of hydrogen-bond donors (Lipinski definition) is 1. The molecule has 16 heavy (non-hydrogen) atoms. The molecule has 2 heterocycles. The fourth-order valence-corrected chi connectivity index (χ4v) is 2.13. The molecule has 2 fully saturated rings. The van der Waals surface area contributed by atoms with E-state index >= 15 is 0 Å². The molecule has 90 valence electrons.